The maximum Gasteiger partial charge on any atom is 0.123 e. The zero-order valence-corrected chi connectivity index (χ0v) is 11.5. The number of nitrogens with zero attached hydrogens (tertiary/aromatic N) is 1. The van der Waals surface area contributed by atoms with Gasteiger partial charge in [0.25, 0.3) is 0 Å². The summed E-state index contributed by atoms with van der Waals surface area (Å²) in [7, 11) is 1.64. The van der Waals surface area contributed by atoms with Crippen LogP contribution in [0.15, 0.2) is 36.4 Å². The lowest BCUT2D eigenvalue weighted by Gasteiger charge is -2.10. The number of aryl methyl sites for hydroxylation is 2. The molecule has 0 aromatic heterocycles. The molecule has 0 N–H and O–H groups in total. The first kappa shape index (κ1) is 13.2. The van der Waals surface area contributed by atoms with E-state index in [1.807, 2.05) is 18.2 Å². The average molecular weight is 251 g/mol. The summed E-state index contributed by atoms with van der Waals surface area (Å²) in [4.78, 5) is 0. The third-order valence-corrected chi connectivity index (χ3v) is 3.11. The van der Waals surface area contributed by atoms with Gasteiger partial charge < -0.3 is 4.74 Å². The van der Waals surface area contributed by atoms with Crippen LogP contribution in [-0.2, 0) is 6.42 Å². The topological polar surface area (TPSA) is 33.0 Å². The van der Waals surface area contributed by atoms with Gasteiger partial charge in [-0.05, 0) is 31.0 Å². The Balaban J connectivity index is 2.48. The first-order valence-corrected chi connectivity index (χ1v) is 6.26. The summed E-state index contributed by atoms with van der Waals surface area (Å²) in [5.41, 5.74) is 5.72. The Morgan fingerprint density at radius 3 is 2.26 bits per heavy atom. The van der Waals surface area contributed by atoms with Crippen molar-refractivity contribution in [3.8, 4) is 22.9 Å². The molecule has 0 aliphatic heterocycles. The van der Waals surface area contributed by atoms with Gasteiger partial charge in [0.1, 0.15) is 5.75 Å². The Morgan fingerprint density at radius 1 is 1.00 bits per heavy atom. The summed E-state index contributed by atoms with van der Waals surface area (Å²) in [5.74, 6) is 0.776. The minimum atomic E-state index is 0.371. The zero-order chi connectivity index (χ0) is 13.8. The van der Waals surface area contributed by atoms with E-state index >= 15 is 0 Å². The maximum atomic E-state index is 8.79. The second-order valence-electron chi connectivity index (χ2n) is 4.74. The first-order chi connectivity index (χ1) is 9.13. The highest BCUT2D eigenvalue weighted by atomic mass is 16.5. The predicted molar refractivity (Wildman–Crippen MR) is 77.2 cm³/mol. The Hall–Kier alpha value is -2.27. The van der Waals surface area contributed by atoms with E-state index < -0.39 is 0 Å². The molecule has 2 nitrogen and oxygen atoms in total. The molecular formula is C17H17NO. The normalized spacial score (nSPS) is 10.0. The zero-order valence-electron chi connectivity index (χ0n) is 11.5. The highest BCUT2D eigenvalue weighted by Gasteiger charge is 2.06. The molecule has 0 amide bonds. The molecule has 96 valence electrons. The number of methoxy groups -OCH3 is 1. The lowest BCUT2D eigenvalue weighted by atomic mass is 9.98. The van der Waals surface area contributed by atoms with Gasteiger partial charge in [-0.15, -0.1) is 0 Å². The smallest absolute Gasteiger partial charge is 0.123 e. The molecule has 2 heteroatoms. The van der Waals surface area contributed by atoms with E-state index in [4.69, 9.17) is 10.00 Å². The minimum absolute atomic E-state index is 0.371. The fourth-order valence-electron chi connectivity index (χ4n) is 2.30. The van der Waals surface area contributed by atoms with Gasteiger partial charge in [-0.1, -0.05) is 41.5 Å². The molecule has 0 aliphatic rings. The second kappa shape index (κ2) is 5.58. The van der Waals surface area contributed by atoms with Gasteiger partial charge in [-0.2, -0.15) is 5.26 Å². The van der Waals surface area contributed by atoms with E-state index in [2.05, 4.69) is 38.1 Å². The molecule has 0 saturated heterocycles. The van der Waals surface area contributed by atoms with Gasteiger partial charge in [-0.3, -0.25) is 0 Å². The van der Waals surface area contributed by atoms with E-state index in [-0.39, 0.29) is 0 Å². The predicted octanol–water partition coefficient (Wildman–Crippen LogP) is 4.05. The van der Waals surface area contributed by atoms with E-state index in [0.717, 1.165) is 16.9 Å². The van der Waals surface area contributed by atoms with Crippen LogP contribution in [0.4, 0.5) is 0 Å². The van der Waals surface area contributed by atoms with Gasteiger partial charge in [-0.25, -0.2) is 0 Å². The molecule has 0 heterocycles. The highest BCUT2D eigenvalue weighted by molar-refractivity contribution is 5.67. The molecule has 19 heavy (non-hydrogen) atoms. The van der Waals surface area contributed by atoms with Crippen LogP contribution in [0.1, 0.15) is 16.7 Å². The van der Waals surface area contributed by atoms with Crippen LogP contribution >= 0.6 is 0 Å². The Morgan fingerprint density at radius 2 is 1.68 bits per heavy atom. The molecule has 0 saturated carbocycles. The molecule has 0 fully saturated rings. The summed E-state index contributed by atoms with van der Waals surface area (Å²) in [6, 6.07) is 14.6. The van der Waals surface area contributed by atoms with Crippen LogP contribution in [0.2, 0.25) is 0 Å². The first-order valence-electron chi connectivity index (χ1n) is 6.26. The lowest BCUT2D eigenvalue weighted by Crippen LogP contribution is -1.92. The Bertz CT molecular complexity index is 618. The van der Waals surface area contributed by atoms with Crippen molar-refractivity contribution in [3.63, 3.8) is 0 Å². The van der Waals surface area contributed by atoms with Gasteiger partial charge in [0, 0.05) is 5.56 Å². The SMILES string of the molecule is COc1cc(-c2cc(C)cc(C)c2)ccc1CC#N. The fourth-order valence-corrected chi connectivity index (χ4v) is 2.30. The van der Waals surface area contributed by atoms with Crippen LogP contribution in [0.5, 0.6) is 5.75 Å². The molecular weight excluding hydrogens is 234 g/mol. The number of benzene rings is 2. The largest absolute Gasteiger partial charge is 0.496 e. The van der Waals surface area contributed by atoms with Gasteiger partial charge >= 0.3 is 0 Å². The summed E-state index contributed by atoms with van der Waals surface area (Å²) in [6.45, 7) is 4.19. The molecule has 0 spiro atoms. The number of ether oxygens (including phenoxy) is 1. The molecule has 0 unspecified atom stereocenters. The van der Waals surface area contributed by atoms with Crippen molar-refractivity contribution in [1.29, 1.82) is 5.26 Å². The van der Waals surface area contributed by atoms with E-state index in [1.165, 1.54) is 16.7 Å². The molecule has 0 bridgehead atoms. The van der Waals surface area contributed by atoms with Crippen LogP contribution in [0.25, 0.3) is 11.1 Å². The van der Waals surface area contributed by atoms with E-state index in [9.17, 15) is 0 Å². The Kier molecular flexibility index (Phi) is 3.87. The molecule has 2 rings (SSSR count). The second-order valence-corrected chi connectivity index (χ2v) is 4.74. The van der Waals surface area contributed by atoms with Crippen LogP contribution < -0.4 is 4.74 Å². The van der Waals surface area contributed by atoms with Crippen molar-refractivity contribution >= 4 is 0 Å². The summed E-state index contributed by atoms with van der Waals surface area (Å²) in [5, 5.41) is 8.79. The molecule has 0 atom stereocenters. The summed E-state index contributed by atoms with van der Waals surface area (Å²) >= 11 is 0. The summed E-state index contributed by atoms with van der Waals surface area (Å²) < 4.78 is 5.37. The minimum Gasteiger partial charge on any atom is -0.496 e. The van der Waals surface area contributed by atoms with E-state index in [0.29, 0.717) is 6.42 Å². The number of hydrogen-bond donors (Lipinski definition) is 0. The molecule has 0 aliphatic carbocycles. The monoisotopic (exact) mass is 251 g/mol. The number of hydrogen-bond acceptors (Lipinski definition) is 2. The maximum absolute atomic E-state index is 8.79. The lowest BCUT2D eigenvalue weighted by molar-refractivity contribution is 0.411. The van der Waals surface area contributed by atoms with Gasteiger partial charge in [0.15, 0.2) is 0 Å². The van der Waals surface area contributed by atoms with Crippen molar-refractivity contribution in [1.82, 2.24) is 0 Å². The standard InChI is InChI=1S/C17H17NO/c1-12-8-13(2)10-16(9-12)15-5-4-14(6-7-18)17(11-15)19-3/h4-5,8-11H,6H2,1-3H3. The van der Waals surface area contributed by atoms with Crippen molar-refractivity contribution in [2.45, 2.75) is 20.3 Å². The fraction of sp³-hybridized carbons (Fsp3) is 0.235. The molecule has 2 aromatic carbocycles. The molecule has 2 aromatic rings. The highest BCUT2D eigenvalue weighted by Crippen LogP contribution is 2.28. The average Bonchev–Trinajstić information content (AvgIpc) is 2.38. The molecule has 0 radical (unpaired) electrons. The van der Waals surface area contributed by atoms with Crippen molar-refractivity contribution in [3.05, 3.63) is 53.1 Å². The number of rotatable bonds is 3. The van der Waals surface area contributed by atoms with Crippen LogP contribution in [0.3, 0.4) is 0 Å². The van der Waals surface area contributed by atoms with Crippen LogP contribution in [0, 0.1) is 25.2 Å². The number of nitriles is 1. The van der Waals surface area contributed by atoms with E-state index in [1.54, 1.807) is 7.11 Å². The van der Waals surface area contributed by atoms with Crippen molar-refractivity contribution < 1.29 is 4.74 Å². The van der Waals surface area contributed by atoms with Crippen molar-refractivity contribution in [2.24, 2.45) is 0 Å². The quantitative estimate of drug-likeness (QED) is 0.824. The van der Waals surface area contributed by atoms with Gasteiger partial charge in [0.2, 0.25) is 0 Å². The summed E-state index contributed by atoms with van der Waals surface area (Å²) in [6.07, 6.45) is 0.371. The Labute approximate surface area is 114 Å². The third-order valence-electron chi connectivity index (χ3n) is 3.11. The van der Waals surface area contributed by atoms with Crippen LogP contribution in [-0.4, -0.2) is 7.11 Å². The van der Waals surface area contributed by atoms with Gasteiger partial charge in [0.05, 0.1) is 19.6 Å². The third kappa shape index (κ3) is 2.95. The van der Waals surface area contributed by atoms with Crippen molar-refractivity contribution in [2.75, 3.05) is 7.11 Å².